The van der Waals surface area contributed by atoms with Gasteiger partial charge in [-0.05, 0) is 36.8 Å². The lowest BCUT2D eigenvalue weighted by atomic mass is 9.72. The monoisotopic (exact) mass is 409 g/mol. The van der Waals surface area contributed by atoms with Crippen LogP contribution < -0.4 is 5.32 Å². The molecule has 0 aliphatic carbocycles. The van der Waals surface area contributed by atoms with E-state index in [1.165, 1.54) is 20.5 Å². The molecule has 1 aromatic carbocycles. The first-order chi connectivity index (χ1) is 14.5. The van der Waals surface area contributed by atoms with Crippen molar-refractivity contribution in [1.82, 2.24) is 4.90 Å². The van der Waals surface area contributed by atoms with Crippen LogP contribution in [0.4, 0.5) is 5.69 Å². The van der Waals surface area contributed by atoms with Crippen LogP contribution in [0.3, 0.4) is 0 Å². The van der Waals surface area contributed by atoms with Crippen molar-refractivity contribution in [3.05, 3.63) is 41.2 Å². The van der Waals surface area contributed by atoms with Gasteiger partial charge in [0.1, 0.15) is 5.54 Å². The Balaban J connectivity index is 1.71. The number of esters is 1. The second-order valence-corrected chi connectivity index (χ2v) is 8.34. The molecule has 2 fully saturated rings. The lowest BCUT2D eigenvalue weighted by Gasteiger charge is -2.45. The van der Waals surface area contributed by atoms with Crippen LogP contribution >= 0.6 is 0 Å². The van der Waals surface area contributed by atoms with Gasteiger partial charge in [0, 0.05) is 24.8 Å². The summed E-state index contributed by atoms with van der Waals surface area (Å²) in [4.78, 5) is 28.5. The molecule has 1 aromatic rings. The van der Waals surface area contributed by atoms with Gasteiger partial charge in [-0.3, -0.25) is 9.69 Å². The Morgan fingerprint density at radius 2 is 2.23 bits per heavy atom. The fraction of sp³-hybridized carbons (Fsp3) is 0.522. The van der Waals surface area contributed by atoms with Gasteiger partial charge < -0.3 is 14.8 Å². The first-order valence-corrected chi connectivity index (χ1v) is 10.4. The van der Waals surface area contributed by atoms with Crippen LogP contribution in [-0.4, -0.2) is 55.5 Å². The maximum atomic E-state index is 13.6. The van der Waals surface area contributed by atoms with Crippen molar-refractivity contribution < 1.29 is 19.1 Å². The number of nitrogens with zero attached hydrogens (tertiary/aromatic N) is 2. The average molecular weight is 409 g/mol. The van der Waals surface area contributed by atoms with E-state index in [9.17, 15) is 14.9 Å². The van der Waals surface area contributed by atoms with Crippen molar-refractivity contribution in [2.24, 2.45) is 11.8 Å². The molecule has 3 aliphatic rings. The molecule has 0 aromatic heterocycles. The molecular formula is C23H27N3O4. The zero-order chi connectivity index (χ0) is 21.5. The topological polar surface area (TPSA) is 91.7 Å². The number of anilines is 1. The molecule has 158 valence electrons. The number of carbonyl (C=O) groups is 2. The molecule has 4 atom stereocenters. The molecule has 2 saturated heterocycles. The van der Waals surface area contributed by atoms with Crippen LogP contribution in [-0.2, 0) is 14.3 Å². The number of methoxy groups -OCH3 is 2. The average Bonchev–Trinajstić information content (AvgIpc) is 3.28. The number of carbonyl (C=O) groups excluding carboxylic acids is 2. The number of ether oxygens (including phenoxy) is 2. The molecule has 3 heterocycles. The van der Waals surface area contributed by atoms with Gasteiger partial charge in [-0.1, -0.05) is 19.4 Å². The van der Waals surface area contributed by atoms with Gasteiger partial charge in [0.25, 0.3) is 0 Å². The van der Waals surface area contributed by atoms with E-state index in [-0.39, 0.29) is 29.6 Å². The zero-order valence-corrected chi connectivity index (χ0v) is 17.6. The summed E-state index contributed by atoms with van der Waals surface area (Å²) < 4.78 is 10.2. The van der Waals surface area contributed by atoms with Crippen molar-refractivity contribution in [3.8, 4) is 6.07 Å². The van der Waals surface area contributed by atoms with Gasteiger partial charge in [-0.15, -0.1) is 0 Å². The predicted molar refractivity (Wildman–Crippen MR) is 111 cm³/mol. The molecule has 3 aliphatic heterocycles. The highest BCUT2D eigenvalue weighted by Gasteiger charge is 2.59. The number of hydrogen-bond donors (Lipinski definition) is 1. The number of hydrogen-bond acceptors (Lipinski definition) is 7. The van der Waals surface area contributed by atoms with E-state index in [4.69, 9.17) is 9.47 Å². The minimum absolute atomic E-state index is 0.00816. The maximum Gasteiger partial charge on any atom is 0.337 e. The molecule has 0 amide bonds. The van der Waals surface area contributed by atoms with Crippen molar-refractivity contribution >= 4 is 17.4 Å². The van der Waals surface area contributed by atoms with Crippen molar-refractivity contribution in [2.45, 2.75) is 37.8 Å². The van der Waals surface area contributed by atoms with Gasteiger partial charge in [0.05, 0.1) is 43.3 Å². The van der Waals surface area contributed by atoms with Crippen molar-refractivity contribution in [1.29, 1.82) is 5.26 Å². The van der Waals surface area contributed by atoms with Crippen LogP contribution in [0.1, 0.15) is 42.1 Å². The van der Waals surface area contributed by atoms with Crippen molar-refractivity contribution in [2.75, 3.05) is 32.6 Å². The summed E-state index contributed by atoms with van der Waals surface area (Å²) in [5.41, 5.74) is 1.40. The van der Waals surface area contributed by atoms with Crippen LogP contribution in [0, 0.1) is 23.2 Å². The molecule has 4 rings (SSSR count). The van der Waals surface area contributed by atoms with E-state index in [0.717, 1.165) is 25.2 Å². The third-order valence-electron chi connectivity index (χ3n) is 7.08. The summed E-state index contributed by atoms with van der Waals surface area (Å²) in [5.74, 6) is -0.189. The normalized spacial score (nSPS) is 30.4. The molecule has 7 nitrogen and oxygen atoms in total. The van der Waals surface area contributed by atoms with Gasteiger partial charge in [0.2, 0.25) is 0 Å². The number of rotatable bonds is 4. The molecule has 0 bridgehead atoms. The predicted octanol–water partition coefficient (Wildman–Crippen LogP) is 2.73. The summed E-state index contributed by atoms with van der Waals surface area (Å²) in [5, 5.41) is 13.0. The zero-order valence-electron chi connectivity index (χ0n) is 17.6. The first-order valence-electron chi connectivity index (χ1n) is 10.4. The minimum Gasteiger partial charge on any atom is -0.504 e. The SMILES string of the molecule is CC[C@@H]1CN2CC[C@]3(Nc4cccc(C#N)c4C3=O)C2C[C@@H]1/C(=C/OC)C(=O)OC. The molecule has 1 N–H and O–H groups in total. The summed E-state index contributed by atoms with van der Waals surface area (Å²) in [6.45, 7) is 3.74. The van der Waals surface area contributed by atoms with E-state index in [2.05, 4.69) is 23.2 Å². The van der Waals surface area contributed by atoms with E-state index < -0.39 is 5.54 Å². The quantitative estimate of drug-likeness (QED) is 0.464. The summed E-state index contributed by atoms with van der Waals surface area (Å²) >= 11 is 0. The summed E-state index contributed by atoms with van der Waals surface area (Å²) in [6.07, 6.45) is 3.74. The van der Waals surface area contributed by atoms with Crippen LogP contribution in [0.15, 0.2) is 30.0 Å². The summed E-state index contributed by atoms with van der Waals surface area (Å²) in [7, 11) is 2.90. The molecular weight excluding hydrogens is 382 g/mol. The van der Waals surface area contributed by atoms with Crippen LogP contribution in [0.5, 0.6) is 0 Å². The second kappa shape index (κ2) is 7.77. The van der Waals surface area contributed by atoms with E-state index in [0.29, 0.717) is 29.5 Å². The fourth-order valence-corrected chi connectivity index (χ4v) is 5.64. The Morgan fingerprint density at radius 3 is 2.90 bits per heavy atom. The van der Waals surface area contributed by atoms with E-state index >= 15 is 0 Å². The maximum absolute atomic E-state index is 13.6. The molecule has 7 heteroatoms. The van der Waals surface area contributed by atoms with E-state index in [1.54, 1.807) is 12.1 Å². The number of nitriles is 1. The highest BCUT2D eigenvalue weighted by Crippen LogP contribution is 2.49. The minimum atomic E-state index is -0.763. The Labute approximate surface area is 176 Å². The van der Waals surface area contributed by atoms with E-state index in [1.807, 2.05) is 6.07 Å². The molecule has 0 radical (unpaired) electrons. The number of ketones is 1. The molecule has 0 saturated carbocycles. The Bertz CT molecular complexity index is 950. The lowest BCUT2D eigenvalue weighted by molar-refractivity contribution is -0.137. The number of nitrogens with one attached hydrogen (secondary N) is 1. The van der Waals surface area contributed by atoms with Crippen LogP contribution in [0.2, 0.25) is 0 Å². The standard InChI is InChI=1S/C23H27N3O4/c1-4-14-12-26-9-8-23(19(26)10-16(14)17(13-29-2)22(28)30-3)21(27)20-15(11-24)6-5-7-18(20)25-23/h5-7,13-14,16,19,25H,4,8-10,12H2,1-3H3/b17-13-/t14-,16+,19?,23+/m1/s1. The van der Waals surface area contributed by atoms with Gasteiger partial charge >= 0.3 is 5.97 Å². The number of Topliss-reactive ketones (excluding diaryl/α,β-unsaturated/α-hetero) is 1. The first kappa shape index (κ1) is 20.4. The highest BCUT2D eigenvalue weighted by atomic mass is 16.5. The van der Waals surface area contributed by atoms with Crippen LogP contribution in [0.25, 0.3) is 0 Å². The fourth-order valence-electron chi connectivity index (χ4n) is 5.64. The third kappa shape index (κ3) is 2.90. The number of piperidine rings is 1. The van der Waals surface area contributed by atoms with Crippen molar-refractivity contribution in [3.63, 3.8) is 0 Å². The largest absolute Gasteiger partial charge is 0.504 e. The number of fused-ring (bicyclic) bond motifs is 3. The van der Waals surface area contributed by atoms with Gasteiger partial charge in [0.15, 0.2) is 5.78 Å². The lowest BCUT2D eigenvalue weighted by Crippen LogP contribution is -2.57. The van der Waals surface area contributed by atoms with Gasteiger partial charge in [-0.2, -0.15) is 5.26 Å². The Kier molecular flexibility index (Phi) is 5.29. The Morgan fingerprint density at radius 1 is 1.43 bits per heavy atom. The van der Waals surface area contributed by atoms with Gasteiger partial charge in [-0.25, -0.2) is 4.79 Å². The smallest absolute Gasteiger partial charge is 0.337 e. The molecule has 1 spiro atoms. The molecule has 30 heavy (non-hydrogen) atoms. The summed E-state index contributed by atoms with van der Waals surface area (Å²) in [6, 6.07) is 7.45. The molecule has 1 unspecified atom stereocenters. The Hall–Kier alpha value is -2.85. The highest BCUT2D eigenvalue weighted by molar-refractivity contribution is 6.15. The third-order valence-corrected chi connectivity index (χ3v) is 7.08. The number of benzene rings is 1. The second-order valence-electron chi connectivity index (χ2n) is 8.34.